The van der Waals surface area contributed by atoms with E-state index in [2.05, 4.69) is 24.3 Å². The Morgan fingerprint density at radius 1 is 1.09 bits per heavy atom. The molecule has 0 saturated carbocycles. The zero-order chi connectivity index (χ0) is 24.5. The number of amides is 1. The van der Waals surface area contributed by atoms with Gasteiger partial charge < -0.3 is 14.5 Å². The lowest BCUT2D eigenvalue weighted by Gasteiger charge is -2.10. The summed E-state index contributed by atoms with van der Waals surface area (Å²) in [5, 5.41) is 8.35. The van der Waals surface area contributed by atoms with Crippen LogP contribution >= 0.6 is 11.6 Å². The number of benzene rings is 3. The van der Waals surface area contributed by atoms with Crippen molar-refractivity contribution in [1.82, 2.24) is 9.78 Å². The maximum atomic E-state index is 12.9. The topological polar surface area (TPSA) is 86.4 Å². The van der Waals surface area contributed by atoms with E-state index in [1.807, 2.05) is 24.3 Å². The monoisotopic (exact) mass is 487 g/mol. The Balaban J connectivity index is 1.33. The highest BCUT2D eigenvalue weighted by Crippen LogP contribution is 2.28. The van der Waals surface area contributed by atoms with Crippen molar-refractivity contribution >= 4 is 34.2 Å². The second kappa shape index (κ2) is 9.27. The molecule has 2 aliphatic rings. The minimum Gasteiger partial charge on any atom is -0.484 e. The van der Waals surface area contributed by atoms with Gasteiger partial charge in [-0.1, -0.05) is 43.6 Å². The number of nitrogens with one attached hydrogen (secondary N) is 1. The number of ether oxygens (including phenoxy) is 1. The van der Waals surface area contributed by atoms with Crippen LogP contribution in [-0.2, 0) is 4.79 Å². The molecule has 0 aromatic heterocycles. The third-order valence-corrected chi connectivity index (χ3v) is 5.85. The molecular formula is C27H22ClN3O4. The average molecular weight is 488 g/mol. The van der Waals surface area contributed by atoms with Gasteiger partial charge in [0.05, 0.1) is 5.69 Å². The SMILES string of the molecule is CC(C)c1ccc(NC(=O)COc2ccc3cc4c(=O)n(-c5cccc(Cl)c5)nc-4oc3c2)cc1. The zero-order valence-corrected chi connectivity index (χ0v) is 19.9. The fourth-order valence-corrected chi connectivity index (χ4v) is 3.93. The van der Waals surface area contributed by atoms with Gasteiger partial charge in [-0.2, -0.15) is 4.68 Å². The number of nitrogens with zero attached hydrogens (tertiary/aromatic N) is 2. The quantitative estimate of drug-likeness (QED) is 0.323. The third kappa shape index (κ3) is 4.76. The normalized spacial score (nSPS) is 11.3. The maximum Gasteiger partial charge on any atom is 0.284 e. The molecule has 0 saturated heterocycles. The molecule has 0 unspecified atom stereocenters. The van der Waals surface area contributed by atoms with Gasteiger partial charge in [-0.3, -0.25) is 9.59 Å². The molecule has 35 heavy (non-hydrogen) atoms. The zero-order valence-electron chi connectivity index (χ0n) is 19.1. The summed E-state index contributed by atoms with van der Waals surface area (Å²) in [6, 6.07) is 21.5. The Morgan fingerprint density at radius 3 is 2.63 bits per heavy atom. The van der Waals surface area contributed by atoms with Gasteiger partial charge in [0.2, 0.25) is 5.89 Å². The highest BCUT2D eigenvalue weighted by Gasteiger charge is 2.20. The van der Waals surface area contributed by atoms with Crippen molar-refractivity contribution < 1.29 is 13.9 Å². The van der Waals surface area contributed by atoms with E-state index in [4.69, 9.17) is 20.8 Å². The van der Waals surface area contributed by atoms with E-state index in [-0.39, 0.29) is 24.0 Å². The summed E-state index contributed by atoms with van der Waals surface area (Å²) in [5.74, 6) is 0.809. The van der Waals surface area contributed by atoms with Crippen molar-refractivity contribution in [2.24, 2.45) is 0 Å². The second-order valence-electron chi connectivity index (χ2n) is 8.48. The smallest absolute Gasteiger partial charge is 0.284 e. The molecular weight excluding hydrogens is 466 g/mol. The summed E-state index contributed by atoms with van der Waals surface area (Å²) in [7, 11) is 0. The van der Waals surface area contributed by atoms with Crippen LogP contribution in [0.4, 0.5) is 5.69 Å². The van der Waals surface area contributed by atoms with Gasteiger partial charge >= 0.3 is 0 Å². The minimum absolute atomic E-state index is 0.159. The van der Waals surface area contributed by atoms with Crippen molar-refractivity contribution in [3.05, 3.63) is 93.7 Å². The molecule has 3 aromatic carbocycles. The molecule has 0 bridgehead atoms. The van der Waals surface area contributed by atoms with E-state index >= 15 is 0 Å². The maximum absolute atomic E-state index is 12.9. The number of halogens is 1. The Kier molecular flexibility index (Phi) is 6.01. The Morgan fingerprint density at radius 2 is 1.89 bits per heavy atom. The first-order chi connectivity index (χ1) is 16.9. The van der Waals surface area contributed by atoms with E-state index in [1.54, 1.807) is 48.5 Å². The van der Waals surface area contributed by atoms with Gasteiger partial charge in [-0.15, -0.1) is 5.10 Å². The molecule has 0 fully saturated rings. The Hall–Kier alpha value is -4.10. The molecule has 2 heterocycles. The largest absolute Gasteiger partial charge is 0.484 e. The van der Waals surface area contributed by atoms with Gasteiger partial charge in [-0.25, -0.2) is 0 Å². The number of rotatable bonds is 6. The van der Waals surface area contributed by atoms with Gasteiger partial charge in [-0.05, 0) is 60.0 Å². The fraction of sp³-hybridized carbons (Fsp3) is 0.148. The van der Waals surface area contributed by atoms with Crippen molar-refractivity contribution in [2.45, 2.75) is 19.8 Å². The molecule has 0 aliphatic carbocycles. The first-order valence-electron chi connectivity index (χ1n) is 11.1. The molecule has 3 aromatic rings. The molecule has 5 rings (SSSR count). The molecule has 0 spiro atoms. The molecule has 0 atom stereocenters. The van der Waals surface area contributed by atoms with Crippen LogP contribution in [0.3, 0.4) is 0 Å². The highest BCUT2D eigenvalue weighted by molar-refractivity contribution is 6.30. The summed E-state index contributed by atoms with van der Waals surface area (Å²) >= 11 is 6.05. The summed E-state index contributed by atoms with van der Waals surface area (Å²) in [6.45, 7) is 4.08. The van der Waals surface area contributed by atoms with Crippen LogP contribution in [0, 0.1) is 0 Å². The Bertz CT molecular complexity index is 1550. The van der Waals surface area contributed by atoms with Gasteiger partial charge in [0.15, 0.2) is 6.61 Å². The van der Waals surface area contributed by atoms with E-state index in [1.165, 1.54) is 10.2 Å². The molecule has 176 valence electrons. The van der Waals surface area contributed by atoms with Crippen molar-refractivity contribution in [2.75, 3.05) is 11.9 Å². The van der Waals surface area contributed by atoms with Crippen LogP contribution in [-0.4, -0.2) is 22.3 Å². The predicted molar refractivity (Wildman–Crippen MR) is 136 cm³/mol. The molecule has 1 amide bonds. The number of aromatic nitrogens is 2. The number of fused-ring (bicyclic) bond motifs is 2. The van der Waals surface area contributed by atoms with Crippen molar-refractivity contribution in [1.29, 1.82) is 0 Å². The standard InChI is InChI=1S/C27H22ClN3O4/c1-16(2)17-6-9-20(10-7-17)29-25(32)15-34-22-11-8-18-12-23-26(35-24(18)14-22)30-31(27(23)33)21-5-3-4-19(28)13-21/h3-14,16H,15H2,1-2H3,(H,29,32). The third-order valence-electron chi connectivity index (χ3n) is 5.62. The minimum atomic E-state index is -0.300. The van der Waals surface area contributed by atoms with Gasteiger partial charge in [0.25, 0.3) is 11.5 Å². The molecule has 2 aliphatic heterocycles. The van der Waals surface area contributed by atoms with E-state index in [0.717, 1.165) is 0 Å². The average Bonchev–Trinajstić information content (AvgIpc) is 3.17. The summed E-state index contributed by atoms with van der Waals surface area (Å²) < 4.78 is 12.8. The first-order valence-corrected chi connectivity index (χ1v) is 11.5. The summed E-state index contributed by atoms with van der Waals surface area (Å²) in [6.07, 6.45) is 0. The van der Waals surface area contributed by atoms with Crippen LogP contribution in [0.2, 0.25) is 5.02 Å². The number of hydrogen-bond acceptors (Lipinski definition) is 5. The molecule has 8 heteroatoms. The molecule has 7 nitrogen and oxygen atoms in total. The van der Waals surface area contributed by atoms with E-state index in [0.29, 0.717) is 44.6 Å². The number of hydrogen-bond donors (Lipinski definition) is 1. The lowest BCUT2D eigenvalue weighted by atomic mass is 10.0. The van der Waals surface area contributed by atoms with Crippen LogP contribution in [0.1, 0.15) is 25.3 Å². The highest BCUT2D eigenvalue weighted by atomic mass is 35.5. The van der Waals surface area contributed by atoms with Crippen LogP contribution in [0.5, 0.6) is 5.75 Å². The Labute approximate surface area is 206 Å². The van der Waals surface area contributed by atoms with E-state index < -0.39 is 0 Å². The fourth-order valence-electron chi connectivity index (χ4n) is 3.75. The first kappa shape index (κ1) is 22.7. The molecule has 1 N–H and O–H groups in total. The summed E-state index contributed by atoms with van der Waals surface area (Å²) in [5.41, 5.74) is 3.00. The summed E-state index contributed by atoms with van der Waals surface area (Å²) in [4.78, 5) is 25.2. The van der Waals surface area contributed by atoms with Crippen molar-refractivity contribution in [3.8, 4) is 22.9 Å². The lowest BCUT2D eigenvalue weighted by molar-refractivity contribution is -0.118. The van der Waals surface area contributed by atoms with Crippen LogP contribution < -0.4 is 15.6 Å². The number of carbonyl (C=O) groups excluding carboxylic acids is 1. The number of carbonyl (C=O) groups is 1. The van der Waals surface area contributed by atoms with Gasteiger partial charge in [0, 0.05) is 22.2 Å². The van der Waals surface area contributed by atoms with E-state index in [9.17, 15) is 9.59 Å². The van der Waals surface area contributed by atoms with Crippen molar-refractivity contribution in [3.63, 3.8) is 0 Å². The number of anilines is 1. The van der Waals surface area contributed by atoms with Crippen LogP contribution in [0.15, 0.2) is 82.0 Å². The predicted octanol–water partition coefficient (Wildman–Crippen LogP) is 5.88. The lowest BCUT2D eigenvalue weighted by Crippen LogP contribution is -2.20. The van der Waals surface area contributed by atoms with Gasteiger partial charge in [0.1, 0.15) is 16.9 Å². The van der Waals surface area contributed by atoms with Crippen LogP contribution in [0.25, 0.3) is 28.1 Å². The molecule has 0 radical (unpaired) electrons. The second-order valence-corrected chi connectivity index (χ2v) is 8.91.